The first-order valence-corrected chi connectivity index (χ1v) is 13.0. The van der Waals surface area contributed by atoms with Crippen LogP contribution in [0.2, 0.25) is 5.02 Å². The lowest BCUT2D eigenvalue weighted by atomic mass is 10.0. The number of carbonyl (C=O) groups excluding carboxylic acids is 2. The molecule has 0 radical (unpaired) electrons. The van der Waals surface area contributed by atoms with E-state index in [0.717, 1.165) is 18.4 Å². The Labute approximate surface area is 225 Å². The Hall–Kier alpha value is -3.90. The van der Waals surface area contributed by atoms with Crippen molar-refractivity contribution in [1.82, 2.24) is 25.0 Å². The van der Waals surface area contributed by atoms with Gasteiger partial charge in [-0.05, 0) is 68.4 Å². The molecule has 8 nitrogen and oxygen atoms in total. The number of carbonyl (C=O) groups is 2. The van der Waals surface area contributed by atoms with Gasteiger partial charge in [-0.2, -0.15) is 5.10 Å². The average Bonchev–Trinajstić information content (AvgIpc) is 3.57. The number of halogens is 2. The molecular formula is C28H28ClFN6O2. The van der Waals surface area contributed by atoms with Gasteiger partial charge in [0.2, 0.25) is 0 Å². The van der Waals surface area contributed by atoms with E-state index in [2.05, 4.69) is 32.6 Å². The molecule has 10 heteroatoms. The van der Waals surface area contributed by atoms with Crippen LogP contribution in [0.5, 0.6) is 0 Å². The van der Waals surface area contributed by atoms with E-state index in [1.54, 1.807) is 23.0 Å². The summed E-state index contributed by atoms with van der Waals surface area (Å²) >= 11 is 6.41. The van der Waals surface area contributed by atoms with Gasteiger partial charge in [0.15, 0.2) is 0 Å². The van der Waals surface area contributed by atoms with E-state index in [4.69, 9.17) is 11.6 Å². The Bertz CT molecular complexity index is 1430. The van der Waals surface area contributed by atoms with E-state index in [1.807, 2.05) is 24.8 Å². The molecule has 3 atom stereocenters. The molecule has 3 aromatic rings. The summed E-state index contributed by atoms with van der Waals surface area (Å²) in [6.07, 6.45) is 4.72. The Morgan fingerprint density at radius 2 is 1.87 bits per heavy atom. The zero-order valence-electron chi connectivity index (χ0n) is 21.2. The summed E-state index contributed by atoms with van der Waals surface area (Å²) in [7, 11) is 0. The van der Waals surface area contributed by atoms with Gasteiger partial charge < -0.3 is 15.5 Å². The van der Waals surface area contributed by atoms with Crippen molar-refractivity contribution in [3.63, 3.8) is 0 Å². The Morgan fingerprint density at radius 3 is 2.55 bits per heavy atom. The monoisotopic (exact) mass is 534 g/mol. The summed E-state index contributed by atoms with van der Waals surface area (Å²) < 4.78 is 15.1. The van der Waals surface area contributed by atoms with Crippen molar-refractivity contribution in [2.24, 2.45) is 11.8 Å². The molecule has 196 valence electrons. The Morgan fingerprint density at radius 1 is 1.13 bits per heavy atom. The third-order valence-electron chi connectivity index (χ3n) is 7.14. The van der Waals surface area contributed by atoms with Crippen molar-refractivity contribution in [3.05, 3.63) is 75.9 Å². The number of anilines is 1. The van der Waals surface area contributed by atoms with Crippen LogP contribution in [0.15, 0.2) is 42.7 Å². The first kappa shape index (κ1) is 25.7. The highest BCUT2D eigenvalue weighted by atomic mass is 35.5. The summed E-state index contributed by atoms with van der Waals surface area (Å²) in [5, 5.41) is 10.4. The normalized spacial score (nSPS) is 20.0. The quantitative estimate of drug-likeness (QED) is 0.477. The predicted molar refractivity (Wildman–Crippen MR) is 142 cm³/mol. The number of benzene rings is 1. The van der Waals surface area contributed by atoms with Crippen LogP contribution >= 0.6 is 11.6 Å². The zero-order valence-corrected chi connectivity index (χ0v) is 21.9. The molecule has 0 spiro atoms. The molecule has 1 aliphatic carbocycles. The van der Waals surface area contributed by atoms with Crippen LogP contribution in [0.25, 0.3) is 0 Å². The summed E-state index contributed by atoms with van der Waals surface area (Å²) in [4.78, 5) is 31.8. The maximum absolute atomic E-state index is 13.4. The Balaban J connectivity index is 1.27. The van der Waals surface area contributed by atoms with Crippen molar-refractivity contribution in [1.29, 1.82) is 0 Å². The maximum atomic E-state index is 13.4. The summed E-state index contributed by atoms with van der Waals surface area (Å²) in [6, 6.07) is 7.90. The number of aromatic nitrogens is 3. The highest BCUT2D eigenvalue weighted by Gasteiger charge is 2.44. The first-order valence-electron chi connectivity index (χ1n) is 12.6. The zero-order chi connectivity index (χ0) is 26.8. The SMILES string of the molecule is CCNC(=O)N1C[C@H]2C[C@H](n3ncc(Cl)c3C(=O)Nc3ncc(C#Cc4cccc(F)c4)cc3C)C[C@H]2C1. The van der Waals surface area contributed by atoms with Crippen molar-refractivity contribution in [2.75, 3.05) is 25.0 Å². The smallest absolute Gasteiger partial charge is 0.317 e. The lowest BCUT2D eigenvalue weighted by Crippen LogP contribution is -2.39. The molecule has 1 saturated heterocycles. The Kier molecular flexibility index (Phi) is 7.34. The molecule has 3 heterocycles. The number of nitrogens with zero attached hydrogens (tertiary/aromatic N) is 4. The topological polar surface area (TPSA) is 92.2 Å². The van der Waals surface area contributed by atoms with Gasteiger partial charge in [0.05, 0.1) is 17.3 Å². The fraction of sp³-hybridized carbons (Fsp3) is 0.357. The number of fused-ring (bicyclic) bond motifs is 1. The van der Waals surface area contributed by atoms with Gasteiger partial charge in [-0.25, -0.2) is 14.2 Å². The van der Waals surface area contributed by atoms with Crippen LogP contribution < -0.4 is 10.6 Å². The molecular weight excluding hydrogens is 507 g/mol. The van der Waals surface area contributed by atoms with E-state index in [1.165, 1.54) is 18.3 Å². The van der Waals surface area contributed by atoms with Gasteiger partial charge in [-0.3, -0.25) is 9.48 Å². The largest absolute Gasteiger partial charge is 0.338 e. The molecule has 2 fully saturated rings. The van der Waals surface area contributed by atoms with E-state index in [-0.39, 0.29) is 28.8 Å². The van der Waals surface area contributed by atoms with Gasteiger partial charge in [0, 0.05) is 37.0 Å². The number of amides is 3. The van der Waals surface area contributed by atoms with Crippen molar-refractivity contribution >= 4 is 29.4 Å². The highest BCUT2D eigenvalue weighted by molar-refractivity contribution is 6.34. The van der Waals surface area contributed by atoms with Crippen LogP contribution in [-0.2, 0) is 0 Å². The van der Waals surface area contributed by atoms with Gasteiger partial charge >= 0.3 is 6.03 Å². The molecule has 0 bridgehead atoms. The summed E-state index contributed by atoms with van der Waals surface area (Å²) in [6.45, 7) is 5.76. The van der Waals surface area contributed by atoms with E-state index in [0.29, 0.717) is 54.1 Å². The van der Waals surface area contributed by atoms with Crippen molar-refractivity contribution in [3.8, 4) is 11.8 Å². The molecule has 5 rings (SSSR count). The van der Waals surface area contributed by atoms with Crippen LogP contribution in [0, 0.1) is 36.4 Å². The van der Waals surface area contributed by atoms with Crippen LogP contribution in [-0.4, -0.2) is 51.2 Å². The number of hydrogen-bond donors (Lipinski definition) is 2. The number of likely N-dealkylation sites (tertiary alicyclic amines) is 1. The predicted octanol–water partition coefficient (Wildman–Crippen LogP) is 4.64. The second-order valence-corrected chi connectivity index (χ2v) is 10.2. The lowest BCUT2D eigenvalue weighted by Gasteiger charge is -2.20. The van der Waals surface area contributed by atoms with E-state index < -0.39 is 0 Å². The number of rotatable bonds is 4. The molecule has 0 unspecified atom stereocenters. The molecule has 38 heavy (non-hydrogen) atoms. The molecule has 3 amide bonds. The molecule has 2 aliphatic rings. The van der Waals surface area contributed by atoms with Gasteiger partial charge in [-0.15, -0.1) is 0 Å². The fourth-order valence-electron chi connectivity index (χ4n) is 5.38. The number of nitrogens with one attached hydrogen (secondary N) is 2. The maximum Gasteiger partial charge on any atom is 0.317 e. The fourth-order valence-corrected chi connectivity index (χ4v) is 5.59. The van der Waals surface area contributed by atoms with E-state index in [9.17, 15) is 14.0 Å². The third-order valence-corrected chi connectivity index (χ3v) is 7.42. The van der Waals surface area contributed by atoms with Crippen LogP contribution in [0.3, 0.4) is 0 Å². The number of hydrogen-bond acceptors (Lipinski definition) is 4. The minimum Gasteiger partial charge on any atom is -0.338 e. The molecule has 1 saturated carbocycles. The molecule has 1 aromatic carbocycles. The summed E-state index contributed by atoms with van der Waals surface area (Å²) in [5.74, 6) is 6.29. The standard InChI is InChI=1S/C28H28ClFN6O2/c1-3-31-28(38)35-15-20-11-23(12-21(20)16-35)36-25(24(29)14-33-36)27(37)34-26-17(2)9-19(13-32-26)8-7-18-5-4-6-22(30)10-18/h4-6,9-10,13-14,20-21,23H,3,11-12,15-16H2,1-2H3,(H,31,38)(H,32,34,37)/t20-,21+,23+. The van der Waals surface area contributed by atoms with Crippen molar-refractivity contribution in [2.45, 2.75) is 32.7 Å². The minimum atomic E-state index is -0.386. The lowest BCUT2D eigenvalue weighted by molar-refractivity contribution is 0.101. The van der Waals surface area contributed by atoms with Crippen LogP contribution in [0.4, 0.5) is 15.0 Å². The highest BCUT2D eigenvalue weighted by Crippen LogP contribution is 2.44. The molecule has 1 aliphatic heterocycles. The third kappa shape index (κ3) is 5.36. The van der Waals surface area contributed by atoms with Crippen LogP contribution in [0.1, 0.15) is 53.0 Å². The number of aryl methyl sites for hydroxylation is 1. The molecule has 2 aromatic heterocycles. The second-order valence-electron chi connectivity index (χ2n) is 9.78. The average molecular weight is 535 g/mol. The first-order chi connectivity index (χ1) is 18.3. The summed E-state index contributed by atoms with van der Waals surface area (Å²) in [5.41, 5.74) is 2.24. The van der Waals surface area contributed by atoms with Gasteiger partial charge in [0.25, 0.3) is 5.91 Å². The van der Waals surface area contributed by atoms with Gasteiger partial charge in [-0.1, -0.05) is 29.5 Å². The number of pyridine rings is 1. The minimum absolute atomic E-state index is 0.0190. The van der Waals surface area contributed by atoms with Gasteiger partial charge in [0.1, 0.15) is 17.3 Å². The second kappa shape index (κ2) is 10.8. The van der Waals surface area contributed by atoms with Crippen molar-refractivity contribution < 1.29 is 14.0 Å². The van der Waals surface area contributed by atoms with E-state index >= 15 is 0 Å². The molecule has 2 N–H and O–H groups in total. The number of urea groups is 1.